The van der Waals surface area contributed by atoms with Crippen molar-refractivity contribution in [2.75, 3.05) is 33.4 Å². The van der Waals surface area contributed by atoms with Gasteiger partial charge in [-0.25, -0.2) is 4.79 Å². The van der Waals surface area contributed by atoms with E-state index < -0.39 is 16.8 Å². The molecule has 1 fully saturated rings. The summed E-state index contributed by atoms with van der Waals surface area (Å²) in [5, 5.41) is 20.3. The third-order valence-electron chi connectivity index (χ3n) is 4.64. The molecular formula is C22H19N3O7. The molecule has 1 heterocycles. The highest BCUT2D eigenvalue weighted by Crippen LogP contribution is 2.30. The van der Waals surface area contributed by atoms with E-state index in [4.69, 9.17) is 14.2 Å². The molecule has 0 bridgehead atoms. The maximum absolute atomic E-state index is 12.6. The Morgan fingerprint density at radius 2 is 1.94 bits per heavy atom. The van der Waals surface area contributed by atoms with E-state index in [1.807, 2.05) is 6.07 Å². The minimum Gasteiger partial charge on any atom is -0.493 e. The number of amides is 1. The second kappa shape index (κ2) is 10.2. The van der Waals surface area contributed by atoms with Crippen LogP contribution in [-0.4, -0.2) is 55.1 Å². The molecule has 164 valence electrons. The molecule has 1 saturated heterocycles. The lowest BCUT2D eigenvalue weighted by Gasteiger charge is -2.26. The normalized spacial score (nSPS) is 13.8. The first kappa shape index (κ1) is 22.5. The number of hydrogen-bond acceptors (Lipinski definition) is 8. The third kappa shape index (κ3) is 5.27. The van der Waals surface area contributed by atoms with E-state index in [9.17, 15) is 25.0 Å². The van der Waals surface area contributed by atoms with Gasteiger partial charge < -0.3 is 19.1 Å². The minimum absolute atomic E-state index is 0.00750. The summed E-state index contributed by atoms with van der Waals surface area (Å²) in [4.78, 5) is 36.8. The van der Waals surface area contributed by atoms with Crippen LogP contribution in [0.4, 0.5) is 5.69 Å². The summed E-state index contributed by atoms with van der Waals surface area (Å²) in [7, 11) is 1.37. The second-order valence-corrected chi connectivity index (χ2v) is 6.68. The van der Waals surface area contributed by atoms with Gasteiger partial charge in [0, 0.05) is 25.2 Å². The van der Waals surface area contributed by atoms with Crippen LogP contribution in [0.25, 0.3) is 6.08 Å². The van der Waals surface area contributed by atoms with Gasteiger partial charge in [0.2, 0.25) is 0 Å². The molecule has 2 aromatic rings. The number of carbonyl (C=O) groups excluding carboxylic acids is 2. The molecule has 0 spiro atoms. The number of non-ortho nitro benzene ring substituents is 1. The van der Waals surface area contributed by atoms with Crippen LogP contribution < -0.4 is 9.47 Å². The molecule has 0 aliphatic carbocycles. The number of benzene rings is 2. The van der Waals surface area contributed by atoms with Crippen LogP contribution >= 0.6 is 0 Å². The van der Waals surface area contributed by atoms with Gasteiger partial charge in [-0.1, -0.05) is 12.1 Å². The van der Waals surface area contributed by atoms with Crippen molar-refractivity contribution in [2.45, 2.75) is 0 Å². The zero-order valence-electron chi connectivity index (χ0n) is 17.1. The number of nitrogens with zero attached hydrogens (tertiary/aromatic N) is 3. The molecule has 10 nitrogen and oxygen atoms in total. The van der Waals surface area contributed by atoms with Gasteiger partial charge in [0.05, 0.1) is 30.8 Å². The van der Waals surface area contributed by atoms with E-state index in [1.165, 1.54) is 43.5 Å². The Morgan fingerprint density at radius 3 is 2.59 bits per heavy atom. The number of nitriles is 1. The summed E-state index contributed by atoms with van der Waals surface area (Å²) >= 11 is 0. The number of methoxy groups -OCH3 is 1. The molecule has 0 aromatic heterocycles. The fraction of sp³-hybridized carbons (Fsp3) is 0.227. The maximum atomic E-state index is 12.6. The summed E-state index contributed by atoms with van der Waals surface area (Å²) in [6.45, 7) is 1.66. The van der Waals surface area contributed by atoms with Crippen molar-refractivity contribution < 1.29 is 28.7 Å². The molecule has 0 saturated carbocycles. The van der Waals surface area contributed by atoms with E-state index >= 15 is 0 Å². The van der Waals surface area contributed by atoms with Crippen LogP contribution in [0.15, 0.2) is 48.0 Å². The van der Waals surface area contributed by atoms with Gasteiger partial charge in [-0.05, 0) is 29.8 Å². The highest BCUT2D eigenvalue weighted by molar-refractivity contribution is 6.01. The van der Waals surface area contributed by atoms with Crippen molar-refractivity contribution >= 4 is 23.6 Å². The molecule has 32 heavy (non-hydrogen) atoms. The van der Waals surface area contributed by atoms with E-state index in [2.05, 4.69) is 0 Å². The van der Waals surface area contributed by atoms with Crippen molar-refractivity contribution in [3.8, 4) is 17.6 Å². The topological polar surface area (TPSA) is 132 Å². The lowest BCUT2D eigenvalue weighted by molar-refractivity contribution is -0.384. The molecular weight excluding hydrogens is 418 g/mol. The number of carbonyl (C=O) groups is 2. The number of nitro benzene ring substituents is 1. The van der Waals surface area contributed by atoms with E-state index in [0.29, 0.717) is 31.9 Å². The Balaban J connectivity index is 1.81. The van der Waals surface area contributed by atoms with Crippen molar-refractivity contribution in [3.63, 3.8) is 0 Å². The zero-order chi connectivity index (χ0) is 23.1. The largest absolute Gasteiger partial charge is 0.493 e. The van der Waals surface area contributed by atoms with Crippen LogP contribution in [0.3, 0.4) is 0 Å². The fourth-order valence-electron chi connectivity index (χ4n) is 3.01. The first-order chi connectivity index (χ1) is 15.4. The standard InChI is InChI=1S/C22H19N3O7/c1-30-20-12-15(11-17(14-23)21(26)24-7-9-31-10-8-24)5-6-19(20)32-22(27)16-3-2-4-18(13-16)25(28)29/h2-6,11-13H,7-10H2,1H3/b17-11+. The van der Waals surface area contributed by atoms with E-state index in [-0.39, 0.29) is 28.3 Å². The van der Waals surface area contributed by atoms with Gasteiger partial charge in [-0.15, -0.1) is 0 Å². The second-order valence-electron chi connectivity index (χ2n) is 6.68. The molecule has 2 aromatic carbocycles. The summed E-state index contributed by atoms with van der Waals surface area (Å²) in [5.41, 5.74) is 0.222. The van der Waals surface area contributed by atoms with Gasteiger partial charge in [0.25, 0.3) is 11.6 Å². The Kier molecular flexibility index (Phi) is 7.15. The lowest BCUT2D eigenvalue weighted by atomic mass is 10.1. The van der Waals surface area contributed by atoms with E-state index in [1.54, 1.807) is 11.0 Å². The molecule has 3 rings (SSSR count). The number of rotatable bonds is 6. The van der Waals surface area contributed by atoms with E-state index in [0.717, 1.165) is 6.07 Å². The van der Waals surface area contributed by atoms with Crippen molar-refractivity contribution in [3.05, 3.63) is 69.3 Å². The van der Waals surface area contributed by atoms with Gasteiger partial charge in [-0.3, -0.25) is 14.9 Å². The molecule has 1 aliphatic heterocycles. The van der Waals surface area contributed by atoms with Crippen LogP contribution in [0, 0.1) is 21.4 Å². The maximum Gasteiger partial charge on any atom is 0.343 e. The minimum atomic E-state index is -0.796. The molecule has 1 aliphatic rings. The number of hydrogen-bond donors (Lipinski definition) is 0. The fourth-order valence-corrected chi connectivity index (χ4v) is 3.01. The average Bonchev–Trinajstić information content (AvgIpc) is 2.83. The first-order valence-corrected chi connectivity index (χ1v) is 9.56. The van der Waals surface area contributed by atoms with Crippen molar-refractivity contribution in [2.24, 2.45) is 0 Å². The summed E-state index contributed by atoms with van der Waals surface area (Å²) in [6.07, 6.45) is 1.42. The zero-order valence-corrected chi connectivity index (χ0v) is 17.1. The molecule has 1 amide bonds. The predicted molar refractivity (Wildman–Crippen MR) is 112 cm³/mol. The van der Waals surface area contributed by atoms with Crippen molar-refractivity contribution in [1.29, 1.82) is 5.26 Å². The highest BCUT2D eigenvalue weighted by Gasteiger charge is 2.21. The molecule has 0 atom stereocenters. The van der Waals surface area contributed by atoms with Gasteiger partial charge in [0.1, 0.15) is 11.6 Å². The van der Waals surface area contributed by atoms with Crippen LogP contribution in [0.5, 0.6) is 11.5 Å². The van der Waals surface area contributed by atoms with Crippen LogP contribution in [-0.2, 0) is 9.53 Å². The lowest BCUT2D eigenvalue weighted by Crippen LogP contribution is -2.41. The number of ether oxygens (including phenoxy) is 3. The number of nitro groups is 1. The van der Waals surface area contributed by atoms with Crippen molar-refractivity contribution in [1.82, 2.24) is 4.90 Å². The number of morpholine rings is 1. The Morgan fingerprint density at radius 1 is 1.19 bits per heavy atom. The smallest absolute Gasteiger partial charge is 0.343 e. The first-order valence-electron chi connectivity index (χ1n) is 9.56. The van der Waals surface area contributed by atoms with Crippen LogP contribution in [0.1, 0.15) is 15.9 Å². The molecule has 10 heteroatoms. The Bertz CT molecular complexity index is 1110. The van der Waals surface area contributed by atoms with Gasteiger partial charge in [-0.2, -0.15) is 5.26 Å². The van der Waals surface area contributed by atoms with Gasteiger partial charge >= 0.3 is 5.97 Å². The monoisotopic (exact) mass is 437 g/mol. The quantitative estimate of drug-likeness (QED) is 0.168. The Labute approximate surface area is 183 Å². The van der Waals surface area contributed by atoms with Crippen LogP contribution in [0.2, 0.25) is 0 Å². The molecule has 0 unspecified atom stereocenters. The summed E-state index contributed by atoms with van der Waals surface area (Å²) < 4.78 is 15.8. The summed E-state index contributed by atoms with van der Waals surface area (Å²) in [5.74, 6) is -0.917. The highest BCUT2D eigenvalue weighted by atomic mass is 16.6. The Hall–Kier alpha value is -4.23. The molecule has 0 N–H and O–H groups in total. The SMILES string of the molecule is COc1cc(/C=C(\C#N)C(=O)N2CCOCC2)ccc1OC(=O)c1cccc([N+](=O)[O-])c1. The molecule has 0 radical (unpaired) electrons. The van der Waals surface area contributed by atoms with Gasteiger partial charge in [0.15, 0.2) is 11.5 Å². The average molecular weight is 437 g/mol. The summed E-state index contributed by atoms with van der Waals surface area (Å²) in [6, 6.07) is 11.6. The number of esters is 1. The predicted octanol–water partition coefficient (Wildman–Crippen LogP) is 2.59. The third-order valence-corrected chi connectivity index (χ3v) is 4.64.